The van der Waals surface area contributed by atoms with Crippen LogP contribution in [0.1, 0.15) is 13.3 Å². The van der Waals surface area contributed by atoms with E-state index in [1.54, 1.807) is 20.1 Å². The van der Waals surface area contributed by atoms with E-state index in [0.29, 0.717) is 17.9 Å². The van der Waals surface area contributed by atoms with E-state index in [1.165, 1.54) is 23.1 Å². The number of nitrogens with zero attached hydrogens (tertiary/aromatic N) is 3. The predicted octanol–water partition coefficient (Wildman–Crippen LogP) is 1.66. The van der Waals surface area contributed by atoms with Gasteiger partial charge in [-0.05, 0) is 32.0 Å². The Bertz CT molecular complexity index is 727. The minimum absolute atomic E-state index is 0.182. The third kappa shape index (κ3) is 3.88. The minimum atomic E-state index is -0.271. The second-order valence-corrected chi connectivity index (χ2v) is 6.62. The highest BCUT2D eigenvalue weighted by Crippen LogP contribution is 2.29. The Morgan fingerprint density at radius 2 is 1.85 bits per heavy atom. The van der Waals surface area contributed by atoms with E-state index in [0.717, 1.165) is 44.8 Å². The van der Waals surface area contributed by atoms with Gasteiger partial charge in [0.15, 0.2) is 0 Å². The Hall–Kier alpha value is -2.41. The van der Waals surface area contributed by atoms with Crippen molar-refractivity contribution in [3.63, 3.8) is 0 Å². The summed E-state index contributed by atoms with van der Waals surface area (Å²) in [7, 11) is 1.59. The van der Waals surface area contributed by atoms with Gasteiger partial charge < -0.3 is 9.64 Å². The number of hydrogen-bond acceptors (Lipinski definition) is 5. The Kier molecular flexibility index (Phi) is 5.56. The first-order chi connectivity index (χ1) is 12.5. The Morgan fingerprint density at radius 3 is 2.46 bits per heavy atom. The average molecular weight is 361 g/mol. The van der Waals surface area contributed by atoms with Crippen molar-refractivity contribution >= 4 is 17.5 Å². The Balaban J connectivity index is 1.47. The molecule has 0 radical (unpaired) electrons. The molecule has 1 aromatic carbocycles. The normalized spacial score (nSPS) is 18.5. The van der Waals surface area contributed by atoms with Gasteiger partial charge in [-0.25, -0.2) is 4.39 Å². The standard InChI is InChI=1S/C19H24FN3O3/c1-14-12-18(24)23(19(14)25)7-3-6-21-8-10-22(11-9-21)16-13-15(20)4-5-17(16)26-2/h4-5,12-13H,3,6-11H2,1-2H3. The van der Waals surface area contributed by atoms with E-state index in [9.17, 15) is 14.0 Å². The molecule has 140 valence electrons. The fourth-order valence-corrected chi connectivity index (χ4v) is 3.42. The van der Waals surface area contributed by atoms with Crippen LogP contribution >= 0.6 is 0 Å². The molecular weight excluding hydrogens is 337 g/mol. The number of rotatable bonds is 6. The van der Waals surface area contributed by atoms with Gasteiger partial charge in [0.1, 0.15) is 11.6 Å². The largest absolute Gasteiger partial charge is 0.495 e. The fraction of sp³-hybridized carbons (Fsp3) is 0.474. The van der Waals surface area contributed by atoms with Crippen LogP contribution in [0.2, 0.25) is 0 Å². The summed E-state index contributed by atoms with van der Waals surface area (Å²) in [6.07, 6.45) is 2.15. The van der Waals surface area contributed by atoms with Crippen LogP contribution < -0.4 is 9.64 Å². The lowest BCUT2D eigenvalue weighted by Gasteiger charge is -2.36. The van der Waals surface area contributed by atoms with Crippen molar-refractivity contribution in [3.8, 4) is 5.75 Å². The summed E-state index contributed by atoms with van der Waals surface area (Å²) >= 11 is 0. The van der Waals surface area contributed by atoms with Crippen molar-refractivity contribution in [2.75, 3.05) is 51.3 Å². The molecule has 0 unspecified atom stereocenters. The third-order valence-electron chi connectivity index (χ3n) is 4.90. The molecule has 0 bridgehead atoms. The molecule has 3 rings (SSSR count). The molecule has 6 nitrogen and oxygen atoms in total. The lowest BCUT2D eigenvalue weighted by Crippen LogP contribution is -2.47. The smallest absolute Gasteiger partial charge is 0.256 e. The number of anilines is 1. The first-order valence-corrected chi connectivity index (χ1v) is 8.84. The third-order valence-corrected chi connectivity index (χ3v) is 4.90. The van der Waals surface area contributed by atoms with Crippen molar-refractivity contribution in [2.24, 2.45) is 0 Å². The number of amides is 2. The summed E-state index contributed by atoms with van der Waals surface area (Å²) in [6, 6.07) is 4.56. The van der Waals surface area contributed by atoms with E-state index in [2.05, 4.69) is 9.80 Å². The predicted molar refractivity (Wildman–Crippen MR) is 96.7 cm³/mol. The molecular formula is C19H24FN3O3. The molecule has 0 aliphatic carbocycles. The number of imide groups is 1. The number of methoxy groups -OCH3 is 1. The van der Waals surface area contributed by atoms with Crippen LogP contribution in [0.5, 0.6) is 5.75 Å². The SMILES string of the molecule is COc1ccc(F)cc1N1CCN(CCCN2C(=O)C=C(C)C2=O)CC1. The average Bonchev–Trinajstić information content (AvgIpc) is 2.88. The minimum Gasteiger partial charge on any atom is -0.495 e. The fourth-order valence-electron chi connectivity index (χ4n) is 3.42. The zero-order valence-electron chi connectivity index (χ0n) is 15.2. The Labute approximate surface area is 152 Å². The summed E-state index contributed by atoms with van der Waals surface area (Å²) in [5, 5.41) is 0. The van der Waals surface area contributed by atoms with Crippen molar-refractivity contribution in [2.45, 2.75) is 13.3 Å². The van der Waals surface area contributed by atoms with E-state index in [-0.39, 0.29) is 17.6 Å². The van der Waals surface area contributed by atoms with Gasteiger partial charge in [-0.2, -0.15) is 0 Å². The van der Waals surface area contributed by atoms with Gasteiger partial charge in [-0.1, -0.05) is 0 Å². The number of benzene rings is 1. The number of ether oxygens (including phenoxy) is 1. The van der Waals surface area contributed by atoms with Crippen LogP contribution in [0.4, 0.5) is 10.1 Å². The van der Waals surface area contributed by atoms with Gasteiger partial charge in [-0.15, -0.1) is 0 Å². The molecule has 2 heterocycles. The molecule has 0 N–H and O–H groups in total. The summed E-state index contributed by atoms with van der Waals surface area (Å²) in [5.41, 5.74) is 1.29. The molecule has 1 fully saturated rings. The maximum Gasteiger partial charge on any atom is 0.256 e. The molecule has 7 heteroatoms. The number of carbonyl (C=O) groups is 2. The highest BCUT2D eigenvalue weighted by Gasteiger charge is 2.28. The summed E-state index contributed by atoms with van der Waals surface area (Å²) in [5.74, 6) is 0.00870. The van der Waals surface area contributed by atoms with E-state index in [4.69, 9.17) is 4.74 Å². The molecule has 1 saturated heterocycles. The quantitative estimate of drug-likeness (QED) is 0.722. The van der Waals surface area contributed by atoms with Crippen LogP contribution in [0.25, 0.3) is 0 Å². The zero-order valence-corrected chi connectivity index (χ0v) is 15.2. The molecule has 2 amide bonds. The molecule has 1 aromatic rings. The maximum atomic E-state index is 13.6. The van der Waals surface area contributed by atoms with Gasteiger partial charge in [0, 0.05) is 50.4 Å². The maximum absolute atomic E-state index is 13.6. The van der Waals surface area contributed by atoms with E-state index in [1.807, 2.05) is 0 Å². The number of halogens is 1. The van der Waals surface area contributed by atoms with Gasteiger partial charge >= 0.3 is 0 Å². The first kappa shape index (κ1) is 18.4. The molecule has 0 saturated carbocycles. The van der Waals surface area contributed by atoms with Crippen LogP contribution in [-0.2, 0) is 9.59 Å². The van der Waals surface area contributed by atoms with Crippen LogP contribution in [-0.4, -0.2) is 68.0 Å². The molecule has 2 aliphatic heterocycles. The zero-order chi connectivity index (χ0) is 18.7. The number of hydrogen-bond donors (Lipinski definition) is 0. The second-order valence-electron chi connectivity index (χ2n) is 6.62. The lowest BCUT2D eigenvalue weighted by atomic mass is 10.2. The monoisotopic (exact) mass is 361 g/mol. The summed E-state index contributed by atoms with van der Waals surface area (Å²) in [4.78, 5) is 29.3. The highest BCUT2D eigenvalue weighted by atomic mass is 19.1. The summed E-state index contributed by atoms with van der Waals surface area (Å²) in [6.45, 7) is 6.19. The lowest BCUT2D eigenvalue weighted by molar-refractivity contribution is -0.137. The molecule has 0 atom stereocenters. The van der Waals surface area contributed by atoms with E-state index >= 15 is 0 Å². The van der Waals surface area contributed by atoms with Crippen molar-refractivity contribution < 1.29 is 18.7 Å². The topological polar surface area (TPSA) is 53.1 Å². The summed E-state index contributed by atoms with van der Waals surface area (Å²) < 4.78 is 18.9. The first-order valence-electron chi connectivity index (χ1n) is 8.84. The van der Waals surface area contributed by atoms with Crippen LogP contribution in [0.15, 0.2) is 29.8 Å². The molecule has 0 aromatic heterocycles. The Morgan fingerprint density at radius 1 is 1.12 bits per heavy atom. The highest BCUT2D eigenvalue weighted by molar-refractivity contribution is 6.15. The van der Waals surface area contributed by atoms with Gasteiger partial charge in [0.25, 0.3) is 11.8 Å². The number of piperazine rings is 1. The van der Waals surface area contributed by atoms with Crippen molar-refractivity contribution in [3.05, 3.63) is 35.7 Å². The van der Waals surface area contributed by atoms with Gasteiger partial charge in [-0.3, -0.25) is 19.4 Å². The number of carbonyl (C=O) groups excluding carboxylic acids is 2. The van der Waals surface area contributed by atoms with E-state index < -0.39 is 0 Å². The molecule has 2 aliphatic rings. The van der Waals surface area contributed by atoms with Crippen LogP contribution in [0.3, 0.4) is 0 Å². The van der Waals surface area contributed by atoms with Crippen molar-refractivity contribution in [1.82, 2.24) is 9.80 Å². The molecule has 26 heavy (non-hydrogen) atoms. The molecule has 0 spiro atoms. The van der Waals surface area contributed by atoms with Gasteiger partial charge in [0.2, 0.25) is 0 Å². The van der Waals surface area contributed by atoms with Gasteiger partial charge in [0.05, 0.1) is 12.8 Å². The second kappa shape index (κ2) is 7.86. The van der Waals surface area contributed by atoms with Crippen LogP contribution in [0, 0.1) is 5.82 Å². The van der Waals surface area contributed by atoms with Crippen molar-refractivity contribution in [1.29, 1.82) is 0 Å².